The zero-order valence-corrected chi connectivity index (χ0v) is 15.3. The molecule has 8 heteroatoms. The molecule has 3 aromatic carbocycles. The lowest BCUT2D eigenvalue weighted by atomic mass is 10.2. The minimum absolute atomic E-state index is 0.101. The molecule has 8 nitrogen and oxygen atoms in total. The van der Waals surface area contributed by atoms with Crippen LogP contribution < -0.4 is 10.1 Å². The summed E-state index contributed by atoms with van der Waals surface area (Å²) in [6.07, 6.45) is 0. The van der Waals surface area contributed by atoms with Gasteiger partial charge in [-0.1, -0.05) is 18.2 Å². The van der Waals surface area contributed by atoms with Crippen molar-refractivity contribution in [3.05, 3.63) is 94.0 Å². The number of hydrogen-bond acceptors (Lipinski definition) is 6. The average molecular weight is 392 g/mol. The lowest BCUT2D eigenvalue weighted by molar-refractivity contribution is -0.384. The summed E-state index contributed by atoms with van der Waals surface area (Å²) in [6.45, 7) is 0. The highest BCUT2D eigenvalue weighted by molar-refractivity contribution is 6.05. The van der Waals surface area contributed by atoms with Crippen molar-refractivity contribution in [3.63, 3.8) is 0 Å². The molecule has 0 heterocycles. The number of methoxy groups -OCH3 is 1. The van der Waals surface area contributed by atoms with Crippen molar-refractivity contribution in [1.82, 2.24) is 0 Å². The number of carbonyl (C=O) groups is 2. The maximum atomic E-state index is 12.5. The molecule has 0 saturated heterocycles. The topological polar surface area (TPSA) is 108 Å². The number of amides is 1. The highest BCUT2D eigenvalue weighted by Gasteiger charge is 2.13. The Balaban J connectivity index is 1.79. The van der Waals surface area contributed by atoms with Crippen molar-refractivity contribution in [2.45, 2.75) is 0 Å². The van der Waals surface area contributed by atoms with Crippen molar-refractivity contribution >= 4 is 23.3 Å². The van der Waals surface area contributed by atoms with Crippen molar-refractivity contribution in [2.24, 2.45) is 0 Å². The van der Waals surface area contributed by atoms with E-state index in [1.54, 1.807) is 42.5 Å². The zero-order valence-electron chi connectivity index (χ0n) is 15.3. The molecule has 0 bridgehead atoms. The number of para-hydroxylation sites is 2. The Bertz CT molecular complexity index is 1060. The number of nitrogens with zero attached hydrogens (tertiary/aromatic N) is 1. The number of rotatable bonds is 6. The summed E-state index contributed by atoms with van der Waals surface area (Å²) in [7, 11) is 1.29. The van der Waals surface area contributed by atoms with Gasteiger partial charge >= 0.3 is 5.97 Å². The van der Waals surface area contributed by atoms with Gasteiger partial charge in [0.25, 0.3) is 11.6 Å². The quantitative estimate of drug-likeness (QED) is 0.378. The van der Waals surface area contributed by atoms with Gasteiger partial charge in [-0.05, 0) is 42.5 Å². The Morgan fingerprint density at radius 2 is 1.66 bits per heavy atom. The summed E-state index contributed by atoms with van der Waals surface area (Å²) in [4.78, 5) is 34.4. The van der Waals surface area contributed by atoms with E-state index in [9.17, 15) is 19.7 Å². The predicted octanol–water partition coefficient (Wildman–Crippen LogP) is 4.43. The number of nitro benzene ring substituents is 1. The van der Waals surface area contributed by atoms with Gasteiger partial charge < -0.3 is 14.8 Å². The number of benzene rings is 3. The number of non-ortho nitro benzene ring substituents is 1. The Morgan fingerprint density at radius 3 is 2.34 bits per heavy atom. The molecule has 3 rings (SSSR count). The molecule has 0 aliphatic heterocycles. The minimum Gasteiger partial charge on any atom is -0.465 e. The summed E-state index contributed by atoms with van der Waals surface area (Å²) < 4.78 is 10.5. The van der Waals surface area contributed by atoms with Crippen molar-refractivity contribution < 1.29 is 24.0 Å². The molecule has 0 saturated carbocycles. The van der Waals surface area contributed by atoms with Crippen LogP contribution in [0.5, 0.6) is 11.5 Å². The molecule has 0 fully saturated rings. The molecular weight excluding hydrogens is 376 g/mol. The molecule has 1 amide bonds. The molecule has 0 radical (unpaired) electrons. The van der Waals surface area contributed by atoms with Crippen LogP contribution >= 0.6 is 0 Å². The van der Waals surface area contributed by atoms with Gasteiger partial charge in [-0.25, -0.2) is 4.79 Å². The third-order valence-corrected chi connectivity index (χ3v) is 3.96. The van der Waals surface area contributed by atoms with E-state index in [4.69, 9.17) is 9.47 Å². The fourth-order valence-corrected chi connectivity index (χ4v) is 2.52. The zero-order chi connectivity index (χ0) is 20.8. The van der Waals surface area contributed by atoms with E-state index in [-0.39, 0.29) is 11.3 Å². The van der Waals surface area contributed by atoms with Crippen LogP contribution in [-0.4, -0.2) is 23.9 Å². The lowest BCUT2D eigenvalue weighted by Crippen LogP contribution is -2.12. The first-order valence-corrected chi connectivity index (χ1v) is 8.49. The molecule has 29 heavy (non-hydrogen) atoms. The van der Waals surface area contributed by atoms with E-state index in [2.05, 4.69) is 5.32 Å². The Labute approximate surface area is 165 Å². The monoisotopic (exact) mass is 392 g/mol. The van der Waals surface area contributed by atoms with Gasteiger partial charge in [-0.15, -0.1) is 0 Å². The van der Waals surface area contributed by atoms with Crippen LogP contribution in [0.15, 0.2) is 72.8 Å². The van der Waals surface area contributed by atoms with Crippen LogP contribution in [0.3, 0.4) is 0 Å². The molecule has 0 aliphatic rings. The predicted molar refractivity (Wildman–Crippen MR) is 105 cm³/mol. The number of hydrogen-bond donors (Lipinski definition) is 1. The first-order chi connectivity index (χ1) is 14.0. The number of anilines is 1. The second-order valence-corrected chi connectivity index (χ2v) is 5.88. The van der Waals surface area contributed by atoms with Crippen LogP contribution in [0.1, 0.15) is 20.7 Å². The van der Waals surface area contributed by atoms with Crippen LogP contribution in [0.4, 0.5) is 11.4 Å². The third kappa shape index (κ3) is 4.75. The molecule has 3 aromatic rings. The number of esters is 1. The summed E-state index contributed by atoms with van der Waals surface area (Å²) in [5.74, 6) is -0.177. The van der Waals surface area contributed by atoms with E-state index in [0.717, 1.165) is 0 Å². The third-order valence-electron chi connectivity index (χ3n) is 3.96. The van der Waals surface area contributed by atoms with E-state index in [1.807, 2.05) is 0 Å². The SMILES string of the molecule is COC(=O)c1cccc(Oc2ccccc2NC(=O)c2ccc([N+](=O)[O-])cc2)c1. The molecule has 0 unspecified atom stereocenters. The second kappa shape index (κ2) is 8.66. The van der Waals surface area contributed by atoms with Gasteiger partial charge in [0.15, 0.2) is 5.75 Å². The molecule has 0 atom stereocenters. The first-order valence-electron chi connectivity index (χ1n) is 8.49. The van der Waals surface area contributed by atoms with Gasteiger partial charge in [0.1, 0.15) is 5.75 Å². The molecule has 0 spiro atoms. The standard InChI is InChI=1S/C21H16N2O6/c1-28-21(25)15-5-4-6-17(13-15)29-19-8-3-2-7-18(19)22-20(24)14-9-11-16(12-10-14)23(26)27/h2-13H,1H3,(H,22,24). The highest BCUT2D eigenvalue weighted by Crippen LogP contribution is 2.30. The van der Waals surface area contributed by atoms with Crippen molar-refractivity contribution in [1.29, 1.82) is 0 Å². The van der Waals surface area contributed by atoms with Crippen LogP contribution in [0.2, 0.25) is 0 Å². The van der Waals surface area contributed by atoms with Crippen molar-refractivity contribution in [2.75, 3.05) is 12.4 Å². The van der Waals surface area contributed by atoms with E-state index in [0.29, 0.717) is 22.7 Å². The molecule has 146 valence electrons. The first kappa shape index (κ1) is 19.6. The number of nitrogens with one attached hydrogen (secondary N) is 1. The summed E-state index contributed by atoms with van der Waals surface area (Å²) >= 11 is 0. The fraction of sp³-hybridized carbons (Fsp3) is 0.0476. The maximum Gasteiger partial charge on any atom is 0.337 e. The minimum atomic E-state index is -0.534. The smallest absolute Gasteiger partial charge is 0.337 e. The van der Waals surface area contributed by atoms with Crippen LogP contribution in [0.25, 0.3) is 0 Å². The molecule has 0 aromatic heterocycles. The largest absolute Gasteiger partial charge is 0.465 e. The van der Waals surface area contributed by atoms with Gasteiger partial charge in [0.05, 0.1) is 23.3 Å². The fourth-order valence-electron chi connectivity index (χ4n) is 2.52. The van der Waals surface area contributed by atoms with Crippen molar-refractivity contribution in [3.8, 4) is 11.5 Å². The Hall–Kier alpha value is -4.20. The number of nitro groups is 1. The number of ether oxygens (including phenoxy) is 2. The van der Waals surface area contributed by atoms with Gasteiger partial charge in [0.2, 0.25) is 0 Å². The summed E-state index contributed by atoms with van der Waals surface area (Å²) in [6, 6.07) is 18.5. The van der Waals surface area contributed by atoms with Gasteiger partial charge in [0, 0.05) is 17.7 Å². The van der Waals surface area contributed by atoms with Crippen LogP contribution in [0, 0.1) is 10.1 Å². The highest BCUT2D eigenvalue weighted by atomic mass is 16.6. The van der Waals surface area contributed by atoms with Crippen LogP contribution in [-0.2, 0) is 4.74 Å². The normalized spacial score (nSPS) is 10.1. The number of carbonyl (C=O) groups excluding carboxylic acids is 2. The van der Waals surface area contributed by atoms with E-state index in [1.165, 1.54) is 37.4 Å². The summed E-state index contributed by atoms with van der Waals surface area (Å²) in [5, 5.41) is 13.5. The maximum absolute atomic E-state index is 12.5. The average Bonchev–Trinajstić information content (AvgIpc) is 2.74. The Morgan fingerprint density at radius 1 is 0.931 bits per heavy atom. The Kier molecular flexibility index (Phi) is 5.84. The van der Waals surface area contributed by atoms with Gasteiger partial charge in [-0.2, -0.15) is 0 Å². The molecular formula is C21H16N2O6. The van der Waals surface area contributed by atoms with Gasteiger partial charge in [-0.3, -0.25) is 14.9 Å². The van der Waals surface area contributed by atoms with E-state index >= 15 is 0 Å². The molecule has 1 N–H and O–H groups in total. The molecule has 0 aliphatic carbocycles. The second-order valence-electron chi connectivity index (χ2n) is 5.88. The lowest BCUT2D eigenvalue weighted by Gasteiger charge is -2.13. The van der Waals surface area contributed by atoms with E-state index < -0.39 is 16.8 Å². The summed E-state index contributed by atoms with van der Waals surface area (Å²) in [5.41, 5.74) is 0.894.